The van der Waals surface area contributed by atoms with Gasteiger partial charge in [-0.15, -0.1) is 21.5 Å². The van der Waals surface area contributed by atoms with E-state index < -0.39 is 0 Å². The Morgan fingerprint density at radius 2 is 2.00 bits per heavy atom. The highest BCUT2D eigenvalue weighted by molar-refractivity contribution is 7.12. The van der Waals surface area contributed by atoms with Gasteiger partial charge >= 0.3 is 0 Å². The molecule has 0 aliphatic rings. The number of hydrogen-bond donors (Lipinski definition) is 1. The van der Waals surface area contributed by atoms with E-state index in [9.17, 15) is 5.26 Å². The summed E-state index contributed by atoms with van der Waals surface area (Å²) in [5.74, 6) is 0. The molecule has 0 saturated carbocycles. The molecule has 0 saturated heterocycles. The summed E-state index contributed by atoms with van der Waals surface area (Å²) in [4.78, 5) is 2.51. The molecular formula is C16H14N4S. The summed E-state index contributed by atoms with van der Waals surface area (Å²) in [7, 11) is 0. The van der Waals surface area contributed by atoms with Crippen LogP contribution in [0, 0.1) is 18.3 Å². The maximum Gasteiger partial charge on any atom is 0.186 e. The van der Waals surface area contributed by atoms with Crippen molar-refractivity contribution in [3.63, 3.8) is 0 Å². The fraction of sp³-hybridized carbons (Fsp3) is 0.188. The van der Waals surface area contributed by atoms with E-state index in [2.05, 4.69) is 47.6 Å². The van der Waals surface area contributed by atoms with Crippen LogP contribution >= 0.6 is 11.3 Å². The van der Waals surface area contributed by atoms with Crippen LogP contribution in [-0.2, 0) is 0 Å². The fourth-order valence-corrected chi connectivity index (χ4v) is 3.13. The second-order valence-corrected chi connectivity index (χ2v) is 6.19. The average molecular weight is 294 g/mol. The van der Waals surface area contributed by atoms with Crippen LogP contribution in [0.25, 0.3) is 10.9 Å². The quantitative estimate of drug-likeness (QED) is 0.791. The Morgan fingerprint density at radius 3 is 2.71 bits per heavy atom. The molecule has 3 aromatic rings. The van der Waals surface area contributed by atoms with Crippen LogP contribution < -0.4 is 5.32 Å². The number of nitriles is 1. The van der Waals surface area contributed by atoms with Gasteiger partial charge in [-0.1, -0.05) is 18.2 Å². The number of fused-ring (bicyclic) bond motifs is 1. The minimum Gasteiger partial charge on any atom is -0.375 e. The molecule has 2 heterocycles. The van der Waals surface area contributed by atoms with Crippen LogP contribution in [-0.4, -0.2) is 10.2 Å². The van der Waals surface area contributed by atoms with Crippen molar-refractivity contribution in [3.05, 3.63) is 51.8 Å². The summed E-state index contributed by atoms with van der Waals surface area (Å²) in [5.41, 5.74) is 1.86. The Hall–Kier alpha value is -2.45. The van der Waals surface area contributed by atoms with Gasteiger partial charge < -0.3 is 5.32 Å². The molecule has 2 aromatic heterocycles. The highest BCUT2D eigenvalue weighted by Gasteiger charge is 2.14. The molecule has 5 heteroatoms. The first-order valence-electron chi connectivity index (χ1n) is 6.67. The molecule has 1 unspecified atom stereocenters. The van der Waals surface area contributed by atoms with E-state index in [0.29, 0.717) is 5.69 Å². The van der Waals surface area contributed by atoms with E-state index in [-0.39, 0.29) is 6.04 Å². The van der Waals surface area contributed by atoms with Crippen molar-refractivity contribution in [3.8, 4) is 6.07 Å². The maximum atomic E-state index is 9.28. The van der Waals surface area contributed by atoms with Crippen LogP contribution in [0.5, 0.6) is 0 Å². The van der Waals surface area contributed by atoms with Gasteiger partial charge in [-0.25, -0.2) is 0 Å². The van der Waals surface area contributed by atoms with Gasteiger partial charge in [0.05, 0.1) is 17.2 Å². The minimum atomic E-state index is 0.114. The van der Waals surface area contributed by atoms with E-state index in [1.807, 2.05) is 24.3 Å². The van der Waals surface area contributed by atoms with Crippen molar-refractivity contribution in [1.29, 1.82) is 5.26 Å². The second kappa shape index (κ2) is 5.51. The minimum absolute atomic E-state index is 0.114. The third-order valence-electron chi connectivity index (χ3n) is 3.32. The summed E-state index contributed by atoms with van der Waals surface area (Å²) in [5, 5.41) is 21.7. The fourth-order valence-electron chi connectivity index (χ4n) is 2.25. The lowest BCUT2D eigenvalue weighted by atomic mass is 10.1. The molecular weight excluding hydrogens is 280 g/mol. The van der Waals surface area contributed by atoms with Crippen molar-refractivity contribution in [2.24, 2.45) is 0 Å². The number of aromatic nitrogens is 2. The molecule has 0 spiro atoms. The summed E-state index contributed by atoms with van der Waals surface area (Å²) in [6, 6.07) is 14.2. The number of anilines is 1. The van der Waals surface area contributed by atoms with E-state index in [1.54, 1.807) is 11.3 Å². The van der Waals surface area contributed by atoms with Crippen LogP contribution in [0.4, 0.5) is 5.69 Å². The molecule has 0 bridgehead atoms. The highest BCUT2D eigenvalue weighted by atomic mass is 32.1. The van der Waals surface area contributed by atoms with Crippen molar-refractivity contribution < 1.29 is 0 Å². The van der Waals surface area contributed by atoms with Crippen LogP contribution in [0.3, 0.4) is 0 Å². The summed E-state index contributed by atoms with van der Waals surface area (Å²) in [6.45, 7) is 4.17. The standard InChI is InChI=1S/C16H14N4S/c1-10-7-8-15(21-10)11(2)18-16-12-5-3-4-6-13(12)19-20-14(16)9-17/h3-8,11H,1-2H3,(H,18,19). The summed E-state index contributed by atoms with van der Waals surface area (Å²) in [6.07, 6.45) is 0. The van der Waals surface area contributed by atoms with Gasteiger partial charge in [-0.05, 0) is 32.0 Å². The largest absolute Gasteiger partial charge is 0.375 e. The smallest absolute Gasteiger partial charge is 0.186 e. The van der Waals surface area contributed by atoms with Crippen LogP contribution in [0.15, 0.2) is 36.4 Å². The Morgan fingerprint density at radius 1 is 1.19 bits per heavy atom. The number of nitrogens with one attached hydrogen (secondary N) is 1. The lowest BCUT2D eigenvalue weighted by Gasteiger charge is -2.16. The zero-order chi connectivity index (χ0) is 14.8. The Balaban J connectivity index is 2.05. The molecule has 0 amide bonds. The van der Waals surface area contributed by atoms with Crippen molar-refractivity contribution in [2.45, 2.75) is 19.9 Å². The molecule has 104 valence electrons. The third-order valence-corrected chi connectivity index (χ3v) is 4.51. The number of nitrogens with zero attached hydrogens (tertiary/aromatic N) is 3. The number of thiophene rings is 1. The molecule has 1 aromatic carbocycles. The number of hydrogen-bond acceptors (Lipinski definition) is 5. The number of benzene rings is 1. The Bertz CT molecular complexity index is 832. The van der Waals surface area contributed by atoms with Gasteiger partial charge in [0.25, 0.3) is 0 Å². The molecule has 0 aliphatic heterocycles. The van der Waals surface area contributed by atoms with E-state index in [1.165, 1.54) is 9.75 Å². The Kier molecular flexibility index (Phi) is 3.55. The van der Waals surface area contributed by atoms with Crippen molar-refractivity contribution in [2.75, 3.05) is 5.32 Å². The van der Waals surface area contributed by atoms with Gasteiger partial charge in [0.15, 0.2) is 5.69 Å². The summed E-state index contributed by atoms with van der Waals surface area (Å²) < 4.78 is 0. The number of aryl methyl sites for hydroxylation is 1. The molecule has 0 radical (unpaired) electrons. The molecule has 4 nitrogen and oxygen atoms in total. The Labute approximate surface area is 127 Å². The summed E-state index contributed by atoms with van der Waals surface area (Å²) >= 11 is 1.75. The van der Waals surface area contributed by atoms with Gasteiger partial charge in [0.2, 0.25) is 0 Å². The van der Waals surface area contributed by atoms with Crippen molar-refractivity contribution in [1.82, 2.24) is 10.2 Å². The predicted molar refractivity (Wildman–Crippen MR) is 85.3 cm³/mol. The zero-order valence-electron chi connectivity index (χ0n) is 11.8. The highest BCUT2D eigenvalue weighted by Crippen LogP contribution is 2.30. The monoisotopic (exact) mass is 294 g/mol. The molecule has 0 aliphatic carbocycles. The third kappa shape index (κ3) is 2.58. The molecule has 1 atom stereocenters. The molecule has 0 fully saturated rings. The zero-order valence-corrected chi connectivity index (χ0v) is 12.6. The number of rotatable bonds is 3. The molecule has 3 rings (SSSR count). The normalized spacial score (nSPS) is 12.0. The van der Waals surface area contributed by atoms with E-state index in [4.69, 9.17) is 0 Å². The predicted octanol–water partition coefficient (Wildman–Crippen LogP) is 4.04. The lowest BCUT2D eigenvalue weighted by molar-refractivity contribution is 0.902. The first-order chi connectivity index (χ1) is 10.2. The average Bonchev–Trinajstić information content (AvgIpc) is 2.94. The first-order valence-corrected chi connectivity index (χ1v) is 7.49. The van der Waals surface area contributed by atoms with Crippen molar-refractivity contribution >= 4 is 27.9 Å². The lowest BCUT2D eigenvalue weighted by Crippen LogP contribution is -2.08. The van der Waals surface area contributed by atoms with Gasteiger partial charge in [-0.2, -0.15) is 5.26 Å². The van der Waals surface area contributed by atoms with E-state index >= 15 is 0 Å². The van der Waals surface area contributed by atoms with E-state index in [0.717, 1.165) is 16.6 Å². The first kappa shape index (κ1) is 13.5. The van der Waals surface area contributed by atoms with Crippen LogP contribution in [0.1, 0.15) is 28.4 Å². The van der Waals surface area contributed by atoms with Gasteiger partial charge in [0.1, 0.15) is 6.07 Å². The maximum absolute atomic E-state index is 9.28. The molecule has 1 N–H and O–H groups in total. The topological polar surface area (TPSA) is 61.6 Å². The van der Waals surface area contributed by atoms with Gasteiger partial charge in [0, 0.05) is 15.1 Å². The molecule has 21 heavy (non-hydrogen) atoms. The second-order valence-electron chi connectivity index (χ2n) is 4.87. The van der Waals surface area contributed by atoms with Crippen LogP contribution in [0.2, 0.25) is 0 Å². The SMILES string of the molecule is Cc1ccc(C(C)Nc2c(C#N)nnc3ccccc23)s1. The van der Waals surface area contributed by atoms with Gasteiger partial charge in [-0.3, -0.25) is 0 Å².